The minimum absolute atomic E-state index is 0.407. The molecule has 3 rings (SSSR count). The number of aromatic nitrogens is 1. The Morgan fingerprint density at radius 3 is 2.88 bits per heavy atom. The SMILES string of the molecule is COC(=O)C(=O)N(Cc1ccc2scnc2c1)CC1CCCCC1C. The largest absolute Gasteiger partial charge is 0.462 e. The highest BCUT2D eigenvalue weighted by atomic mass is 32.1. The second-order valence-corrected chi connectivity index (χ2v) is 7.74. The Hall–Kier alpha value is -1.95. The van der Waals surface area contributed by atoms with Gasteiger partial charge in [-0.3, -0.25) is 4.79 Å². The summed E-state index contributed by atoms with van der Waals surface area (Å²) in [6.45, 7) is 3.25. The second-order valence-electron chi connectivity index (χ2n) is 6.85. The van der Waals surface area contributed by atoms with Gasteiger partial charge >= 0.3 is 11.9 Å². The molecule has 2 aromatic rings. The number of carbonyl (C=O) groups is 2. The number of ether oxygens (including phenoxy) is 1. The fraction of sp³-hybridized carbons (Fsp3) is 0.526. The van der Waals surface area contributed by atoms with Gasteiger partial charge in [0.1, 0.15) is 0 Å². The number of carbonyl (C=O) groups excluding carboxylic acids is 2. The van der Waals surface area contributed by atoms with Gasteiger partial charge in [-0.1, -0.05) is 32.3 Å². The molecule has 0 radical (unpaired) electrons. The molecule has 5 nitrogen and oxygen atoms in total. The molecule has 25 heavy (non-hydrogen) atoms. The van der Waals surface area contributed by atoms with Gasteiger partial charge in [0.15, 0.2) is 0 Å². The van der Waals surface area contributed by atoms with Crippen molar-refractivity contribution in [1.29, 1.82) is 0 Å². The maximum atomic E-state index is 12.5. The van der Waals surface area contributed by atoms with Crippen molar-refractivity contribution in [2.75, 3.05) is 13.7 Å². The summed E-state index contributed by atoms with van der Waals surface area (Å²) >= 11 is 1.59. The first kappa shape index (κ1) is 17.9. The summed E-state index contributed by atoms with van der Waals surface area (Å²) in [6, 6.07) is 6.02. The maximum Gasteiger partial charge on any atom is 0.396 e. The number of rotatable bonds is 4. The van der Waals surface area contributed by atoms with Crippen molar-refractivity contribution in [2.24, 2.45) is 11.8 Å². The van der Waals surface area contributed by atoms with Crippen molar-refractivity contribution in [1.82, 2.24) is 9.88 Å². The van der Waals surface area contributed by atoms with Gasteiger partial charge in [0.25, 0.3) is 0 Å². The van der Waals surface area contributed by atoms with Crippen LogP contribution in [0.3, 0.4) is 0 Å². The molecule has 2 atom stereocenters. The summed E-state index contributed by atoms with van der Waals surface area (Å²) in [7, 11) is 1.25. The topological polar surface area (TPSA) is 59.5 Å². The molecular weight excluding hydrogens is 336 g/mol. The zero-order valence-corrected chi connectivity index (χ0v) is 15.6. The lowest BCUT2D eigenvalue weighted by Gasteiger charge is -2.33. The summed E-state index contributed by atoms with van der Waals surface area (Å²) in [5.41, 5.74) is 3.73. The van der Waals surface area contributed by atoms with Gasteiger partial charge < -0.3 is 9.64 Å². The van der Waals surface area contributed by atoms with E-state index in [-0.39, 0.29) is 0 Å². The quantitative estimate of drug-likeness (QED) is 0.617. The average Bonchev–Trinajstić information content (AvgIpc) is 3.09. The molecule has 134 valence electrons. The Balaban J connectivity index is 1.79. The minimum Gasteiger partial charge on any atom is -0.462 e. The molecule has 1 fully saturated rings. The van der Waals surface area contributed by atoms with Gasteiger partial charge in [-0.25, -0.2) is 9.78 Å². The van der Waals surface area contributed by atoms with Crippen molar-refractivity contribution in [3.8, 4) is 0 Å². The zero-order chi connectivity index (χ0) is 17.8. The zero-order valence-electron chi connectivity index (χ0n) is 14.7. The molecule has 0 N–H and O–H groups in total. The Morgan fingerprint density at radius 1 is 1.32 bits per heavy atom. The summed E-state index contributed by atoms with van der Waals surface area (Å²) in [5, 5.41) is 0. The van der Waals surface area contributed by atoms with Crippen molar-refractivity contribution in [3.05, 3.63) is 29.3 Å². The van der Waals surface area contributed by atoms with Crippen molar-refractivity contribution in [3.63, 3.8) is 0 Å². The van der Waals surface area contributed by atoms with Crippen LogP contribution in [0.2, 0.25) is 0 Å². The predicted octanol–water partition coefficient (Wildman–Crippen LogP) is 3.62. The molecule has 0 spiro atoms. The summed E-state index contributed by atoms with van der Waals surface area (Å²) in [6.07, 6.45) is 4.75. The van der Waals surface area contributed by atoms with Crippen molar-refractivity contribution in [2.45, 2.75) is 39.2 Å². The van der Waals surface area contributed by atoms with E-state index in [4.69, 9.17) is 0 Å². The van der Waals surface area contributed by atoms with Crippen LogP contribution in [0.15, 0.2) is 23.7 Å². The van der Waals surface area contributed by atoms with Crippen LogP contribution < -0.4 is 0 Å². The Morgan fingerprint density at radius 2 is 2.12 bits per heavy atom. The third-order valence-electron chi connectivity index (χ3n) is 5.16. The van der Waals surface area contributed by atoms with Gasteiger partial charge in [-0.15, -0.1) is 11.3 Å². The van der Waals surface area contributed by atoms with E-state index < -0.39 is 11.9 Å². The van der Waals surface area contributed by atoms with Crippen LogP contribution in [0.1, 0.15) is 38.2 Å². The van der Waals surface area contributed by atoms with Crippen molar-refractivity contribution < 1.29 is 14.3 Å². The molecular formula is C19H24N2O3S. The molecule has 0 aliphatic heterocycles. The molecule has 2 unspecified atom stereocenters. The van der Waals surface area contributed by atoms with E-state index in [1.807, 2.05) is 23.7 Å². The first-order valence-electron chi connectivity index (χ1n) is 8.78. The standard InChI is InChI=1S/C19H24N2O3S/c1-13-5-3-4-6-15(13)11-21(18(22)19(23)24-2)10-14-7-8-17-16(9-14)20-12-25-17/h7-9,12-13,15H,3-6,10-11H2,1-2H3. The Bertz CT molecular complexity index is 758. The van der Waals surface area contributed by atoms with Crippen LogP contribution in [-0.4, -0.2) is 35.4 Å². The molecule has 1 aliphatic rings. The average molecular weight is 360 g/mol. The first-order valence-corrected chi connectivity index (χ1v) is 9.65. The number of thiazole rings is 1. The molecule has 1 heterocycles. The van der Waals surface area contributed by atoms with Gasteiger partial charge in [0.05, 0.1) is 22.8 Å². The third kappa shape index (κ3) is 4.18. The fourth-order valence-corrected chi connectivity index (χ4v) is 4.26. The number of nitrogens with zero attached hydrogens (tertiary/aromatic N) is 2. The molecule has 1 aliphatic carbocycles. The third-order valence-corrected chi connectivity index (χ3v) is 5.97. The fourth-order valence-electron chi connectivity index (χ4n) is 3.61. The lowest BCUT2D eigenvalue weighted by atomic mass is 9.80. The van der Waals surface area contributed by atoms with Crippen LogP contribution in [0.25, 0.3) is 10.2 Å². The molecule has 1 aromatic heterocycles. The highest BCUT2D eigenvalue weighted by Gasteiger charge is 2.29. The van der Waals surface area contributed by atoms with E-state index in [9.17, 15) is 9.59 Å². The van der Waals surface area contributed by atoms with Gasteiger partial charge in [-0.2, -0.15) is 0 Å². The Labute approximate surface area is 152 Å². The van der Waals surface area contributed by atoms with E-state index in [1.165, 1.54) is 26.4 Å². The van der Waals surface area contributed by atoms with Gasteiger partial charge in [-0.05, 0) is 36.0 Å². The number of esters is 1. The lowest BCUT2D eigenvalue weighted by molar-refractivity contribution is -0.159. The van der Waals surface area contributed by atoms with Gasteiger partial charge in [0.2, 0.25) is 0 Å². The number of hydrogen-bond acceptors (Lipinski definition) is 5. The minimum atomic E-state index is -0.793. The summed E-state index contributed by atoms with van der Waals surface area (Å²) in [5.74, 6) is -0.343. The van der Waals surface area contributed by atoms with Crippen LogP contribution in [0.5, 0.6) is 0 Å². The summed E-state index contributed by atoms with van der Waals surface area (Å²) < 4.78 is 5.78. The van der Waals surface area contributed by atoms with Crippen LogP contribution in [-0.2, 0) is 20.9 Å². The maximum absolute atomic E-state index is 12.5. The molecule has 1 saturated carbocycles. The molecule has 1 amide bonds. The van der Waals surface area contributed by atoms with Gasteiger partial charge in [0, 0.05) is 13.1 Å². The number of amides is 1. The highest BCUT2D eigenvalue weighted by molar-refractivity contribution is 7.16. The number of methoxy groups -OCH3 is 1. The normalized spacial score (nSPS) is 20.4. The van der Waals surface area contributed by atoms with Crippen LogP contribution in [0, 0.1) is 11.8 Å². The predicted molar refractivity (Wildman–Crippen MR) is 98.2 cm³/mol. The van der Waals surface area contributed by atoms with Crippen molar-refractivity contribution >= 4 is 33.4 Å². The number of fused-ring (bicyclic) bond motifs is 1. The van der Waals surface area contributed by atoms with E-state index in [2.05, 4.69) is 16.6 Å². The highest BCUT2D eigenvalue weighted by Crippen LogP contribution is 2.30. The van der Waals surface area contributed by atoms with Crippen LogP contribution >= 0.6 is 11.3 Å². The first-order chi connectivity index (χ1) is 12.1. The smallest absolute Gasteiger partial charge is 0.396 e. The molecule has 6 heteroatoms. The monoisotopic (exact) mass is 360 g/mol. The van der Waals surface area contributed by atoms with E-state index >= 15 is 0 Å². The lowest BCUT2D eigenvalue weighted by Crippen LogP contribution is -2.41. The number of benzene rings is 1. The summed E-state index contributed by atoms with van der Waals surface area (Å²) in [4.78, 5) is 30.3. The van der Waals surface area contributed by atoms with E-state index in [0.29, 0.717) is 24.9 Å². The molecule has 0 bridgehead atoms. The van der Waals surface area contributed by atoms with E-state index in [0.717, 1.165) is 22.2 Å². The van der Waals surface area contributed by atoms with E-state index in [1.54, 1.807) is 16.2 Å². The number of hydrogen-bond donors (Lipinski definition) is 0. The van der Waals surface area contributed by atoms with Crippen LogP contribution in [0.4, 0.5) is 0 Å². The Kier molecular flexibility index (Phi) is 5.68. The molecule has 0 saturated heterocycles. The molecule has 1 aromatic carbocycles. The second kappa shape index (κ2) is 7.95.